The molecular formula is C46H47F3N6O6. The summed E-state index contributed by atoms with van der Waals surface area (Å²) < 4.78 is 55.7. The van der Waals surface area contributed by atoms with Crippen molar-refractivity contribution in [3.8, 4) is 28.5 Å². The Kier molecular flexibility index (Phi) is 11.8. The van der Waals surface area contributed by atoms with Crippen molar-refractivity contribution in [2.75, 3.05) is 45.9 Å². The summed E-state index contributed by atoms with van der Waals surface area (Å²) in [7, 11) is 1.77. The highest BCUT2D eigenvalue weighted by Gasteiger charge is 2.33. The SMILES string of the molecule is Cc1c(-c2ccc(C(F)(F)F)cc2)n(Cc2ccc(OCCCCN3CCN(C(=O)COc4cccc5c(C6CCC(=O)NC6=O)nn(C)c45)CC3)cc2)c2ccc(O)cc12. The molecule has 2 aliphatic rings. The number of hydrogen-bond donors (Lipinski definition) is 2. The van der Waals surface area contributed by atoms with Crippen LogP contribution in [-0.2, 0) is 34.2 Å². The lowest BCUT2D eigenvalue weighted by atomic mass is 9.93. The maximum absolute atomic E-state index is 13.3. The molecule has 0 bridgehead atoms. The first-order valence-corrected chi connectivity index (χ1v) is 20.5. The molecule has 2 aliphatic heterocycles. The average Bonchev–Trinajstić information content (AvgIpc) is 3.72. The molecule has 2 N–H and O–H groups in total. The van der Waals surface area contributed by atoms with E-state index in [-0.39, 0.29) is 36.5 Å². The van der Waals surface area contributed by atoms with Crippen LogP contribution in [0.15, 0.2) is 84.9 Å². The lowest BCUT2D eigenvalue weighted by molar-refractivity contribution is -0.138. The van der Waals surface area contributed by atoms with Crippen molar-refractivity contribution in [3.63, 3.8) is 0 Å². The standard InChI is InChI=1S/C46H47F3N6O6/c1-29-37-26-33(56)14-18-38(37)55(43(29)31-10-12-32(13-11-31)46(47,48)49)27-30-8-15-34(16-9-30)60-25-4-3-20-53-21-23-54(24-22-53)41(58)28-61-39-7-5-6-35-42(51-52(2)44(35)39)36-17-19-40(57)50-45(36)59/h5-16,18,26,36,56H,3-4,17,19-25,27-28H2,1-2H3,(H,50,57,59). The molecule has 0 aliphatic carbocycles. The molecular weight excluding hydrogens is 790 g/mol. The van der Waals surface area contributed by atoms with E-state index >= 15 is 0 Å². The Hall–Kier alpha value is -6.35. The predicted molar refractivity (Wildman–Crippen MR) is 223 cm³/mol. The summed E-state index contributed by atoms with van der Waals surface area (Å²) in [4.78, 5) is 41.6. The third-order valence-corrected chi connectivity index (χ3v) is 11.7. The van der Waals surface area contributed by atoms with Crippen LogP contribution in [0, 0.1) is 6.92 Å². The summed E-state index contributed by atoms with van der Waals surface area (Å²) in [5, 5.41) is 18.8. The number of rotatable bonds is 13. The van der Waals surface area contributed by atoms with E-state index in [1.807, 2.05) is 54.3 Å². The lowest BCUT2D eigenvalue weighted by Crippen LogP contribution is -2.50. The van der Waals surface area contributed by atoms with Crippen molar-refractivity contribution in [2.24, 2.45) is 7.05 Å². The van der Waals surface area contributed by atoms with Crippen LogP contribution in [-0.4, -0.2) is 92.9 Å². The number of alkyl halides is 3. The van der Waals surface area contributed by atoms with Gasteiger partial charge in [0.15, 0.2) is 6.61 Å². The minimum Gasteiger partial charge on any atom is -0.508 e. The minimum atomic E-state index is -4.43. The number of carbonyl (C=O) groups is 3. The Bertz CT molecular complexity index is 2580. The van der Waals surface area contributed by atoms with Gasteiger partial charge in [-0.25, -0.2) is 0 Å². The van der Waals surface area contributed by atoms with Crippen molar-refractivity contribution in [3.05, 3.63) is 107 Å². The van der Waals surface area contributed by atoms with Crippen molar-refractivity contribution in [1.29, 1.82) is 0 Å². The molecule has 61 heavy (non-hydrogen) atoms. The summed E-state index contributed by atoms with van der Waals surface area (Å²) in [6.45, 7) is 6.44. The van der Waals surface area contributed by atoms with Gasteiger partial charge in [0, 0.05) is 62.5 Å². The number of aromatic hydroxyl groups is 1. The number of nitrogens with one attached hydrogen (secondary N) is 1. The number of amides is 3. The van der Waals surface area contributed by atoms with Crippen molar-refractivity contribution < 1.29 is 42.1 Å². The highest BCUT2D eigenvalue weighted by Crippen LogP contribution is 2.38. The van der Waals surface area contributed by atoms with Crippen LogP contribution >= 0.6 is 0 Å². The number of nitrogens with zero attached hydrogens (tertiary/aromatic N) is 5. The molecule has 1 atom stereocenters. The summed E-state index contributed by atoms with van der Waals surface area (Å²) in [6, 6.07) is 23.6. The van der Waals surface area contributed by atoms with Crippen LogP contribution in [0.5, 0.6) is 17.2 Å². The second kappa shape index (κ2) is 17.3. The van der Waals surface area contributed by atoms with Crippen LogP contribution in [0.1, 0.15) is 54.0 Å². The number of unbranched alkanes of at least 4 members (excludes halogenated alkanes) is 1. The fourth-order valence-corrected chi connectivity index (χ4v) is 8.47. The maximum Gasteiger partial charge on any atom is 0.416 e. The van der Waals surface area contributed by atoms with Gasteiger partial charge in [0.2, 0.25) is 11.8 Å². The van der Waals surface area contributed by atoms with Gasteiger partial charge in [-0.2, -0.15) is 18.3 Å². The van der Waals surface area contributed by atoms with Crippen LogP contribution in [0.4, 0.5) is 13.2 Å². The molecule has 0 saturated carbocycles. The quantitative estimate of drug-likeness (QED) is 0.0925. The van der Waals surface area contributed by atoms with Gasteiger partial charge in [0.25, 0.3) is 5.91 Å². The maximum atomic E-state index is 13.3. The summed E-state index contributed by atoms with van der Waals surface area (Å²) in [5.74, 6) is 0.108. The molecule has 4 heterocycles. The van der Waals surface area contributed by atoms with Crippen molar-refractivity contribution >= 4 is 39.5 Å². The Morgan fingerprint density at radius 3 is 2.39 bits per heavy atom. The number of para-hydroxylation sites is 1. The first-order chi connectivity index (χ1) is 29.3. The van der Waals surface area contributed by atoms with Gasteiger partial charge in [-0.3, -0.25) is 29.3 Å². The summed E-state index contributed by atoms with van der Waals surface area (Å²) in [5.41, 5.74) is 4.74. The molecule has 3 amide bonds. The first-order valence-electron chi connectivity index (χ1n) is 20.5. The molecule has 1 unspecified atom stereocenters. The highest BCUT2D eigenvalue weighted by atomic mass is 19.4. The summed E-state index contributed by atoms with van der Waals surface area (Å²) in [6.07, 6.45) is -1.98. The lowest BCUT2D eigenvalue weighted by Gasteiger charge is -2.34. The number of hydrogen-bond acceptors (Lipinski definition) is 8. The first kappa shape index (κ1) is 41.4. The topological polar surface area (TPSA) is 131 Å². The van der Waals surface area contributed by atoms with E-state index in [2.05, 4.69) is 19.9 Å². The fraction of sp³-hybridized carbons (Fsp3) is 0.348. The molecule has 8 rings (SSSR count). The van der Waals surface area contributed by atoms with Gasteiger partial charge in [-0.05, 0) is 98.0 Å². The molecule has 4 aromatic carbocycles. The van der Waals surface area contributed by atoms with E-state index in [4.69, 9.17) is 9.47 Å². The summed E-state index contributed by atoms with van der Waals surface area (Å²) >= 11 is 0. The third-order valence-electron chi connectivity index (χ3n) is 11.7. The highest BCUT2D eigenvalue weighted by molar-refractivity contribution is 6.03. The zero-order valence-electron chi connectivity index (χ0n) is 34.0. The Labute approximate surface area is 350 Å². The number of piperazine rings is 1. The fourth-order valence-electron chi connectivity index (χ4n) is 8.47. The zero-order valence-corrected chi connectivity index (χ0v) is 34.0. The van der Waals surface area contributed by atoms with Gasteiger partial charge in [0.05, 0.1) is 29.5 Å². The largest absolute Gasteiger partial charge is 0.508 e. The molecule has 0 spiro atoms. The molecule has 6 aromatic rings. The number of phenolic OH excluding ortho intramolecular Hbond substituents is 1. The van der Waals surface area contributed by atoms with Crippen molar-refractivity contribution in [2.45, 2.75) is 51.2 Å². The number of halogens is 3. The van der Waals surface area contributed by atoms with Crippen LogP contribution in [0.3, 0.4) is 0 Å². The number of carbonyl (C=O) groups excluding carboxylic acids is 3. The van der Waals surface area contributed by atoms with Gasteiger partial charge in [-0.1, -0.05) is 36.4 Å². The third kappa shape index (κ3) is 8.92. The molecule has 2 fully saturated rings. The van der Waals surface area contributed by atoms with Gasteiger partial charge < -0.3 is 24.0 Å². The second-order valence-corrected chi connectivity index (χ2v) is 15.7. The number of imide groups is 1. The number of ether oxygens (including phenoxy) is 2. The monoisotopic (exact) mass is 836 g/mol. The number of piperidine rings is 1. The van der Waals surface area contributed by atoms with Crippen molar-refractivity contribution in [1.82, 2.24) is 29.5 Å². The van der Waals surface area contributed by atoms with E-state index in [0.29, 0.717) is 55.2 Å². The number of benzene rings is 4. The minimum absolute atomic E-state index is 0.0969. The van der Waals surface area contributed by atoms with E-state index in [0.717, 1.165) is 83.5 Å². The number of fused-ring (bicyclic) bond motifs is 2. The molecule has 0 radical (unpaired) electrons. The Morgan fingerprint density at radius 1 is 0.918 bits per heavy atom. The normalized spacial score (nSPS) is 16.3. The molecule has 12 nitrogen and oxygen atoms in total. The van der Waals surface area contributed by atoms with Crippen LogP contribution < -0.4 is 14.8 Å². The number of aromatic nitrogens is 3. The Balaban J connectivity index is 0.786. The molecule has 15 heteroatoms. The molecule has 2 saturated heterocycles. The smallest absolute Gasteiger partial charge is 0.416 e. The van der Waals surface area contributed by atoms with E-state index in [9.17, 15) is 32.7 Å². The predicted octanol–water partition coefficient (Wildman–Crippen LogP) is 7.18. The number of phenols is 1. The molecule has 318 valence electrons. The Morgan fingerprint density at radius 2 is 1.67 bits per heavy atom. The molecule has 2 aromatic heterocycles. The van der Waals surface area contributed by atoms with Gasteiger partial charge in [-0.15, -0.1) is 0 Å². The van der Waals surface area contributed by atoms with E-state index in [1.54, 1.807) is 29.9 Å². The van der Waals surface area contributed by atoms with E-state index < -0.39 is 17.7 Å². The second-order valence-electron chi connectivity index (χ2n) is 15.7. The van der Waals surface area contributed by atoms with Crippen LogP contribution in [0.25, 0.3) is 33.1 Å². The zero-order chi connectivity index (χ0) is 42.8. The average molecular weight is 837 g/mol. The van der Waals surface area contributed by atoms with E-state index in [1.165, 1.54) is 12.1 Å². The number of aryl methyl sites for hydroxylation is 2. The van der Waals surface area contributed by atoms with Gasteiger partial charge >= 0.3 is 6.18 Å². The van der Waals surface area contributed by atoms with Crippen LogP contribution in [0.2, 0.25) is 0 Å². The van der Waals surface area contributed by atoms with Gasteiger partial charge in [0.1, 0.15) is 22.8 Å².